The molecule has 0 aliphatic carbocycles. The van der Waals surface area contributed by atoms with E-state index in [1.165, 1.54) is 0 Å². The van der Waals surface area contributed by atoms with Gasteiger partial charge in [-0.1, -0.05) is 6.07 Å². The molecule has 2 bridgehead atoms. The van der Waals surface area contributed by atoms with Gasteiger partial charge in [-0.2, -0.15) is 0 Å². The number of methoxy groups -OCH3 is 2. The second-order valence-electron chi connectivity index (χ2n) is 8.21. The van der Waals surface area contributed by atoms with Crippen molar-refractivity contribution >= 4 is 6.09 Å². The molecule has 2 atom stereocenters. The van der Waals surface area contributed by atoms with Gasteiger partial charge in [-0.15, -0.1) is 0 Å². The van der Waals surface area contributed by atoms with E-state index in [-0.39, 0.29) is 18.2 Å². The van der Waals surface area contributed by atoms with E-state index >= 15 is 0 Å². The quantitative estimate of drug-likeness (QED) is 0.870. The molecule has 1 amide bonds. The number of piperidine rings is 1. The molecule has 7 nitrogen and oxygen atoms in total. The van der Waals surface area contributed by atoms with Crippen LogP contribution in [0.2, 0.25) is 0 Å². The van der Waals surface area contributed by atoms with E-state index in [4.69, 9.17) is 18.9 Å². The van der Waals surface area contributed by atoms with Crippen LogP contribution in [0, 0.1) is 0 Å². The van der Waals surface area contributed by atoms with Crippen molar-refractivity contribution in [3.8, 4) is 11.5 Å². The van der Waals surface area contributed by atoms with Crippen LogP contribution in [0.25, 0.3) is 0 Å². The molecule has 3 rings (SSSR count). The van der Waals surface area contributed by atoms with Gasteiger partial charge in [0.2, 0.25) is 0 Å². The fourth-order valence-corrected chi connectivity index (χ4v) is 4.10. The first-order valence-corrected chi connectivity index (χ1v) is 9.21. The Morgan fingerprint density at radius 2 is 1.67 bits per heavy atom. The van der Waals surface area contributed by atoms with Gasteiger partial charge in [0.25, 0.3) is 0 Å². The molecule has 27 heavy (non-hydrogen) atoms. The fourth-order valence-electron chi connectivity index (χ4n) is 4.10. The van der Waals surface area contributed by atoms with Gasteiger partial charge in [0.15, 0.2) is 0 Å². The molecule has 2 heterocycles. The Hall–Kier alpha value is -1.99. The second-order valence-corrected chi connectivity index (χ2v) is 8.21. The predicted octanol–water partition coefficient (Wildman–Crippen LogP) is 2.69. The number of carbonyl (C=O) groups is 1. The molecule has 1 N–H and O–H groups in total. The van der Waals surface area contributed by atoms with Gasteiger partial charge in [-0.3, -0.25) is 4.90 Å². The smallest absolute Gasteiger partial charge is 0.410 e. The molecule has 1 aromatic carbocycles. The van der Waals surface area contributed by atoms with Gasteiger partial charge in [-0.05, 0) is 32.9 Å². The molecule has 2 fully saturated rings. The highest BCUT2D eigenvalue weighted by molar-refractivity contribution is 5.69. The zero-order valence-electron chi connectivity index (χ0n) is 16.7. The number of benzene rings is 1. The van der Waals surface area contributed by atoms with Crippen molar-refractivity contribution in [3.05, 3.63) is 23.8 Å². The van der Waals surface area contributed by atoms with Gasteiger partial charge in [0, 0.05) is 12.8 Å². The zero-order valence-corrected chi connectivity index (χ0v) is 16.7. The lowest BCUT2D eigenvalue weighted by Crippen LogP contribution is -2.63. The van der Waals surface area contributed by atoms with Crippen LogP contribution in [0.15, 0.2) is 18.2 Å². The number of morpholine rings is 1. The predicted molar refractivity (Wildman–Crippen MR) is 99.1 cm³/mol. The first-order chi connectivity index (χ1) is 12.7. The van der Waals surface area contributed by atoms with Crippen LogP contribution < -0.4 is 9.47 Å². The summed E-state index contributed by atoms with van der Waals surface area (Å²) in [7, 11) is 3.14. The lowest BCUT2D eigenvalue weighted by Gasteiger charge is -2.51. The highest BCUT2D eigenvalue weighted by Crippen LogP contribution is 2.47. The maximum atomic E-state index is 12.7. The number of hydrogen-bond acceptors (Lipinski definition) is 6. The summed E-state index contributed by atoms with van der Waals surface area (Å²) in [5.74, 6) is 1.14. The Kier molecular flexibility index (Phi) is 5.27. The van der Waals surface area contributed by atoms with Crippen molar-refractivity contribution in [1.29, 1.82) is 0 Å². The summed E-state index contributed by atoms with van der Waals surface area (Å²) in [6.45, 7) is 6.25. The molecule has 7 heteroatoms. The van der Waals surface area contributed by atoms with Crippen LogP contribution in [-0.4, -0.2) is 61.2 Å². The number of fused-ring (bicyclic) bond motifs is 2. The third-order valence-corrected chi connectivity index (χ3v) is 5.05. The Bertz CT molecular complexity index is 662. The summed E-state index contributed by atoms with van der Waals surface area (Å²) >= 11 is 0. The minimum absolute atomic E-state index is 0.285. The molecule has 150 valence electrons. The van der Waals surface area contributed by atoms with E-state index in [9.17, 15) is 9.90 Å². The van der Waals surface area contributed by atoms with E-state index in [1.54, 1.807) is 19.1 Å². The Labute approximate surface area is 160 Å². The third-order valence-electron chi connectivity index (χ3n) is 5.05. The normalized spacial score (nSPS) is 27.9. The molecule has 2 saturated heterocycles. The Morgan fingerprint density at radius 1 is 1.15 bits per heavy atom. The summed E-state index contributed by atoms with van der Waals surface area (Å²) in [6, 6.07) is 4.87. The molecule has 2 unspecified atom stereocenters. The summed E-state index contributed by atoms with van der Waals surface area (Å²) in [5.41, 5.74) is -1.14. The van der Waals surface area contributed by atoms with Crippen LogP contribution in [0.5, 0.6) is 11.5 Å². The standard InChI is InChI=1S/C20H29NO6/c1-19(2,3)27-18(22)21-13-9-20(23,10-14(21)12-26-11-13)17-15(24-4)7-6-8-16(17)25-5/h6-8,13-14,23H,9-12H2,1-5H3. The molecular weight excluding hydrogens is 350 g/mol. The van der Waals surface area contributed by atoms with Crippen molar-refractivity contribution in [2.24, 2.45) is 0 Å². The highest BCUT2D eigenvalue weighted by atomic mass is 16.6. The van der Waals surface area contributed by atoms with Gasteiger partial charge in [-0.25, -0.2) is 4.79 Å². The van der Waals surface area contributed by atoms with Crippen LogP contribution in [0.3, 0.4) is 0 Å². The van der Waals surface area contributed by atoms with E-state index < -0.39 is 11.2 Å². The fraction of sp³-hybridized carbons (Fsp3) is 0.650. The van der Waals surface area contributed by atoms with Crippen molar-refractivity contribution < 1.29 is 28.8 Å². The van der Waals surface area contributed by atoms with Crippen LogP contribution >= 0.6 is 0 Å². The first kappa shape index (κ1) is 19.8. The molecule has 0 radical (unpaired) electrons. The first-order valence-electron chi connectivity index (χ1n) is 9.21. The number of hydrogen-bond donors (Lipinski definition) is 1. The number of rotatable bonds is 3. The van der Waals surface area contributed by atoms with Gasteiger partial charge in [0.05, 0.1) is 45.1 Å². The summed E-state index contributed by atoms with van der Waals surface area (Å²) in [5, 5.41) is 11.6. The Balaban J connectivity index is 1.94. The minimum atomic E-state index is -1.18. The monoisotopic (exact) mass is 379 g/mol. The number of amides is 1. The summed E-state index contributed by atoms with van der Waals surface area (Å²) < 4.78 is 22.2. The van der Waals surface area contributed by atoms with Gasteiger partial charge < -0.3 is 24.1 Å². The molecule has 2 aliphatic heterocycles. The van der Waals surface area contributed by atoms with Crippen LogP contribution in [-0.2, 0) is 15.1 Å². The van der Waals surface area contributed by atoms with Crippen LogP contribution in [0.4, 0.5) is 4.79 Å². The lowest BCUT2D eigenvalue weighted by molar-refractivity contribution is -0.142. The van der Waals surface area contributed by atoms with Crippen molar-refractivity contribution in [2.45, 2.75) is 56.9 Å². The molecule has 2 aliphatic rings. The summed E-state index contributed by atoms with van der Waals surface area (Å²) in [6.07, 6.45) is 0.272. The van der Waals surface area contributed by atoms with E-state index in [1.807, 2.05) is 39.0 Å². The molecule has 0 spiro atoms. The molecular formula is C20H29NO6. The van der Waals surface area contributed by atoms with Crippen molar-refractivity contribution in [2.75, 3.05) is 27.4 Å². The highest BCUT2D eigenvalue weighted by Gasteiger charge is 2.51. The number of carbonyl (C=O) groups excluding carboxylic acids is 1. The number of nitrogens with zero attached hydrogens (tertiary/aromatic N) is 1. The second kappa shape index (κ2) is 7.20. The topological polar surface area (TPSA) is 77.5 Å². The maximum absolute atomic E-state index is 12.7. The van der Waals surface area contributed by atoms with Crippen molar-refractivity contribution in [3.63, 3.8) is 0 Å². The Morgan fingerprint density at radius 3 is 2.11 bits per heavy atom. The average molecular weight is 379 g/mol. The lowest BCUT2D eigenvalue weighted by atomic mass is 9.76. The molecule has 0 saturated carbocycles. The SMILES string of the molecule is COc1cccc(OC)c1C1(O)CC2COCC(C1)N2C(=O)OC(C)(C)C. The molecule has 1 aromatic rings. The summed E-state index contributed by atoms with van der Waals surface area (Å²) in [4.78, 5) is 14.5. The number of ether oxygens (including phenoxy) is 4. The largest absolute Gasteiger partial charge is 0.496 e. The molecule has 0 aromatic heterocycles. The van der Waals surface area contributed by atoms with Crippen molar-refractivity contribution in [1.82, 2.24) is 4.90 Å². The number of aliphatic hydroxyl groups is 1. The van der Waals surface area contributed by atoms with E-state index in [2.05, 4.69) is 0 Å². The zero-order chi connectivity index (χ0) is 19.8. The van der Waals surface area contributed by atoms with E-state index in [0.717, 1.165) is 0 Å². The van der Waals surface area contributed by atoms with Crippen LogP contribution in [0.1, 0.15) is 39.2 Å². The average Bonchev–Trinajstić information content (AvgIpc) is 2.58. The third kappa shape index (κ3) is 3.84. The van der Waals surface area contributed by atoms with Gasteiger partial charge in [0.1, 0.15) is 22.7 Å². The van der Waals surface area contributed by atoms with Gasteiger partial charge >= 0.3 is 6.09 Å². The maximum Gasteiger partial charge on any atom is 0.410 e. The minimum Gasteiger partial charge on any atom is -0.496 e. The van der Waals surface area contributed by atoms with E-state index in [0.29, 0.717) is 43.1 Å².